The summed E-state index contributed by atoms with van der Waals surface area (Å²) in [6, 6.07) is 11.4. The van der Waals surface area contributed by atoms with E-state index in [-0.39, 0.29) is 5.41 Å². The Labute approximate surface area is 125 Å². The smallest absolute Gasteiger partial charge is 0.218 e. The van der Waals surface area contributed by atoms with Crippen LogP contribution < -0.4 is 4.74 Å². The second-order valence-corrected chi connectivity index (χ2v) is 6.26. The van der Waals surface area contributed by atoms with E-state index in [0.717, 1.165) is 12.0 Å². The first-order chi connectivity index (χ1) is 9.44. The first kappa shape index (κ1) is 14.8. The summed E-state index contributed by atoms with van der Waals surface area (Å²) >= 11 is 6.04. The second kappa shape index (κ2) is 6.23. The molecule has 0 amide bonds. The molecule has 0 spiro atoms. The van der Waals surface area contributed by atoms with E-state index in [1.54, 1.807) is 6.07 Å². The number of halogens is 1. The molecule has 106 valence electrons. The van der Waals surface area contributed by atoms with E-state index in [9.17, 15) is 0 Å². The molecule has 1 aromatic carbocycles. The Morgan fingerprint density at radius 1 is 1.10 bits per heavy atom. The summed E-state index contributed by atoms with van der Waals surface area (Å²) in [5, 5.41) is 0.393. The van der Waals surface area contributed by atoms with Crippen LogP contribution in [-0.2, 0) is 0 Å². The lowest BCUT2D eigenvalue weighted by Crippen LogP contribution is -2.11. The molecule has 4 heteroatoms. The fourth-order valence-electron chi connectivity index (χ4n) is 1.65. The van der Waals surface area contributed by atoms with Gasteiger partial charge in [0.1, 0.15) is 5.15 Å². The van der Waals surface area contributed by atoms with Crippen LogP contribution in [0.2, 0.25) is 5.15 Å². The van der Waals surface area contributed by atoms with Crippen molar-refractivity contribution in [2.75, 3.05) is 6.61 Å². The Morgan fingerprint density at radius 2 is 1.80 bits per heavy atom. The van der Waals surface area contributed by atoms with Crippen molar-refractivity contribution in [3.8, 4) is 17.3 Å². The molecule has 0 atom stereocenters. The Hall–Kier alpha value is -1.61. The summed E-state index contributed by atoms with van der Waals surface area (Å²) in [7, 11) is 0. The van der Waals surface area contributed by atoms with Crippen LogP contribution in [0.5, 0.6) is 5.88 Å². The SMILES string of the molecule is CC(C)(C)CCOc1cc(Cl)nc(-c2ccccc2)n1. The normalized spacial score (nSPS) is 11.4. The zero-order chi connectivity index (χ0) is 14.6. The predicted octanol–water partition coefficient (Wildman–Crippen LogP) is 4.61. The maximum absolute atomic E-state index is 6.04. The standard InChI is InChI=1S/C16H19ClN2O/c1-16(2,3)9-10-20-14-11-13(17)18-15(19-14)12-7-5-4-6-8-12/h4-8,11H,9-10H2,1-3H3. The quantitative estimate of drug-likeness (QED) is 0.771. The number of nitrogens with zero attached hydrogens (tertiary/aromatic N) is 2. The van der Waals surface area contributed by atoms with E-state index in [1.165, 1.54) is 0 Å². The number of ether oxygens (including phenoxy) is 1. The van der Waals surface area contributed by atoms with Gasteiger partial charge in [0.2, 0.25) is 5.88 Å². The minimum Gasteiger partial charge on any atom is -0.478 e. The Bertz CT molecular complexity index is 564. The van der Waals surface area contributed by atoms with Crippen molar-refractivity contribution in [3.63, 3.8) is 0 Å². The van der Waals surface area contributed by atoms with Crippen LogP contribution in [0.3, 0.4) is 0 Å². The van der Waals surface area contributed by atoms with Gasteiger partial charge in [-0.25, -0.2) is 4.98 Å². The van der Waals surface area contributed by atoms with Gasteiger partial charge in [0.15, 0.2) is 5.82 Å². The first-order valence-corrected chi connectivity index (χ1v) is 7.05. The van der Waals surface area contributed by atoms with E-state index in [2.05, 4.69) is 30.7 Å². The van der Waals surface area contributed by atoms with Crippen LogP contribution in [-0.4, -0.2) is 16.6 Å². The maximum Gasteiger partial charge on any atom is 0.218 e. The van der Waals surface area contributed by atoms with Crippen LogP contribution in [0.15, 0.2) is 36.4 Å². The number of rotatable bonds is 4. The molecule has 0 radical (unpaired) electrons. The minimum atomic E-state index is 0.235. The molecular formula is C16H19ClN2O. The van der Waals surface area contributed by atoms with Gasteiger partial charge in [0.05, 0.1) is 6.61 Å². The van der Waals surface area contributed by atoms with E-state index < -0.39 is 0 Å². The summed E-state index contributed by atoms with van der Waals surface area (Å²) in [6.07, 6.45) is 0.954. The van der Waals surface area contributed by atoms with Gasteiger partial charge in [-0.15, -0.1) is 0 Å². The third-order valence-corrected chi connectivity index (χ3v) is 3.00. The summed E-state index contributed by atoms with van der Waals surface area (Å²) in [5.74, 6) is 1.11. The number of aromatic nitrogens is 2. The Balaban J connectivity index is 2.13. The van der Waals surface area contributed by atoms with Crippen molar-refractivity contribution in [2.24, 2.45) is 5.41 Å². The number of benzene rings is 1. The molecule has 0 saturated carbocycles. The molecule has 0 saturated heterocycles. The van der Waals surface area contributed by atoms with Crippen molar-refractivity contribution in [2.45, 2.75) is 27.2 Å². The van der Waals surface area contributed by atoms with Crippen molar-refractivity contribution in [3.05, 3.63) is 41.6 Å². The third kappa shape index (κ3) is 4.49. The highest BCUT2D eigenvalue weighted by atomic mass is 35.5. The topological polar surface area (TPSA) is 35.0 Å². The Kier molecular flexibility index (Phi) is 4.61. The molecule has 0 N–H and O–H groups in total. The summed E-state index contributed by atoms with van der Waals surface area (Å²) in [4.78, 5) is 8.64. The maximum atomic E-state index is 6.04. The zero-order valence-corrected chi connectivity index (χ0v) is 12.8. The monoisotopic (exact) mass is 290 g/mol. The fourth-order valence-corrected chi connectivity index (χ4v) is 1.82. The average molecular weight is 291 g/mol. The van der Waals surface area contributed by atoms with Crippen molar-refractivity contribution in [1.82, 2.24) is 9.97 Å². The van der Waals surface area contributed by atoms with Gasteiger partial charge >= 0.3 is 0 Å². The molecule has 1 aromatic heterocycles. The molecule has 0 unspecified atom stereocenters. The van der Waals surface area contributed by atoms with E-state index >= 15 is 0 Å². The van der Waals surface area contributed by atoms with Gasteiger partial charge in [0.25, 0.3) is 0 Å². The van der Waals surface area contributed by atoms with Crippen molar-refractivity contribution < 1.29 is 4.74 Å². The molecule has 0 aliphatic heterocycles. The minimum absolute atomic E-state index is 0.235. The summed E-state index contributed by atoms with van der Waals surface area (Å²) < 4.78 is 5.69. The molecule has 3 nitrogen and oxygen atoms in total. The molecule has 0 aliphatic carbocycles. The van der Waals surface area contributed by atoms with Crippen LogP contribution >= 0.6 is 11.6 Å². The third-order valence-electron chi connectivity index (χ3n) is 2.81. The van der Waals surface area contributed by atoms with E-state index in [0.29, 0.717) is 23.5 Å². The molecule has 0 bridgehead atoms. The average Bonchev–Trinajstić information content (AvgIpc) is 2.37. The lowest BCUT2D eigenvalue weighted by molar-refractivity contribution is 0.236. The van der Waals surface area contributed by atoms with Crippen LogP contribution in [0.1, 0.15) is 27.2 Å². The van der Waals surface area contributed by atoms with E-state index in [1.807, 2.05) is 30.3 Å². The van der Waals surface area contributed by atoms with Gasteiger partial charge in [-0.1, -0.05) is 62.7 Å². The molecule has 2 aromatic rings. The lowest BCUT2D eigenvalue weighted by atomic mass is 9.93. The summed E-state index contributed by atoms with van der Waals surface area (Å²) in [5.41, 5.74) is 1.16. The predicted molar refractivity (Wildman–Crippen MR) is 82.0 cm³/mol. The van der Waals surface area contributed by atoms with Crippen molar-refractivity contribution >= 4 is 11.6 Å². The lowest BCUT2D eigenvalue weighted by Gasteiger charge is -2.17. The Morgan fingerprint density at radius 3 is 2.45 bits per heavy atom. The first-order valence-electron chi connectivity index (χ1n) is 6.67. The molecular weight excluding hydrogens is 272 g/mol. The van der Waals surface area contributed by atoms with Crippen LogP contribution in [0, 0.1) is 5.41 Å². The molecule has 2 rings (SSSR count). The van der Waals surface area contributed by atoms with Gasteiger partial charge in [0, 0.05) is 11.6 Å². The highest BCUT2D eigenvalue weighted by Crippen LogP contribution is 2.23. The highest BCUT2D eigenvalue weighted by Gasteiger charge is 2.11. The van der Waals surface area contributed by atoms with Crippen LogP contribution in [0.4, 0.5) is 0 Å². The summed E-state index contributed by atoms with van der Waals surface area (Å²) in [6.45, 7) is 7.15. The highest BCUT2D eigenvalue weighted by molar-refractivity contribution is 6.29. The zero-order valence-electron chi connectivity index (χ0n) is 12.1. The van der Waals surface area contributed by atoms with Gasteiger partial charge in [-0.05, 0) is 11.8 Å². The van der Waals surface area contributed by atoms with Gasteiger partial charge in [-0.3, -0.25) is 0 Å². The molecule has 1 heterocycles. The molecule has 0 aliphatic rings. The van der Waals surface area contributed by atoms with E-state index in [4.69, 9.17) is 16.3 Å². The molecule has 0 fully saturated rings. The number of hydrogen-bond acceptors (Lipinski definition) is 3. The van der Waals surface area contributed by atoms with Crippen LogP contribution in [0.25, 0.3) is 11.4 Å². The fraction of sp³-hybridized carbons (Fsp3) is 0.375. The second-order valence-electron chi connectivity index (χ2n) is 5.88. The molecule has 20 heavy (non-hydrogen) atoms. The van der Waals surface area contributed by atoms with Crippen molar-refractivity contribution in [1.29, 1.82) is 0 Å². The largest absolute Gasteiger partial charge is 0.478 e. The van der Waals surface area contributed by atoms with Gasteiger partial charge in [-0.2, -0.15) is 4.98 Å². The number of hydrogen-bond donors (Lipinski definition) is 0. The van der Waals surface area contributed by atoms with Gasteiger partial charge < -0.3 is 4.74 Å².